The monoisotopic (exact) mass is 379 g/mol. The van der Waals surface area contributed by atoms with Crippen molar-refractivity contribution in [3.05, 3.63) is 63.4 Å². The summed E-state index contributed by atoms with van der Waals surface area (Å²) < 4.78 is 0. The molecule has 0 unspecified atom stereocenters. The molecule has 1 aromatic carbocycles. The van der Waals surface area contributed by atoms with Crippen LogP contribution in [0.3, 0.4) is 0 Å². The van der Waals surface area contributed by atoms with Gasteiger partial charge in [-0.15, -0.1) is 0 Å². The van der Waals surface area contributed by atoms with E-state index in [1.807, 2.05) is 50.2 Å². The van der Waals surface area contributed by atoms with Gasteiger partial charge in [0.05, 0.1) is 15.6 Å². The van der Waals surface area contributed by atoms with Crippen LogP contribution in [0.25, 0.3) is 0 Å². The van der Waals surface area contributed by atoms with Crippen LogP contribution in [-0.2, 0) is 6.54 Å². The Morgan fingerprint density at radius 2 is 1.84 bits per heavy atom. The molecule has 2 rings (SSSR count). The van der Waals surface area contributed by atoms with Crippen LogP contribution in [0.1, 0.15) is 28.0 Å². The Hall–Kier alpha value is -1.62. The molecule has 0 N–H and O–H groups in total. The molecule has 0 radical (unpaired) electrons. The average Bonchev–Trinajstić information content (AvgIpc) is 2.57. The number of hydrogen-bond donors (Lipinski definition) is 0. The van der Waals surface area contributed by atoms with Gasteiger partial charge in [0, 0.05) is 25.0 Å². The molecule has 2 aromatic rings. The van der Waals surface area contributed by atoms with Crippen LogP contribution < -0.4 is 0 Å². The van der Waals surface area contributed by atoms with Gasteiger partial charge >= 0.3 is 0 Å². The van der Waals surface area contributed by atoms with E-state index in [0.717, 1.165) is 24.2 Å². The van der Waals surface area contributed by atoms with Crippen LogP contribution in [0.5, 0.6) is 0 Å². The second kappa shape index (κ2) is 9.18. The van der Waals surface area contributed by atoms with Crippen molar-refractivity contribution < 1.29 is 4.79 Å². The SMILES string of the molecule is Cc1ccc(C(=O)N(CCCN(C)C)Cc2ccc(Cl)c(Cl)c2)cn1. The molecule has 0 aliphatic rings. The molecular weight excluding hydrogens is 357 g/mol. The van der Waals surface area contributed by atoms with E-state index in [4.69, 9.17) is 23.2 Å². The van der Waals surface area contributed by atoms with E-state index in [9.17, 15) is 4.79 Å². The maximum atomic E-state index is 12.9. The maximum absolute atomic E-state index is 12.9. The van der Waals surface area contributed by atoms with Crippen molar-refractivity contribution in [1.29, 1.82) is 0 Å². The summed E-state index contributed by atoms with van der Waals surface area (Å²) in [5, 5.41) is 1.01. The average molecular weight is 380 g/mol. The predicted molar refractivity (Wildman–Crippen MR) is 103 cm³/mol. The molecule has 0 aliphatic heterocycles. The van der Waals surface area contributed by atoms with E-state index in [1.165, 1.54) is 0 Å². The van der Waals surface area contributed by atoms with Gasteiger partial charge in [0.25, 0.3) is 5.91 Å². The molecule has 0 saturated heterocycles. The smallest absolute Gasteiger partial charge is 0.255 e. The molecule has 134 valence electrons. The molecule has 4 nitrogen and oxygen atoms in total. The molecule has 1 aromatic heterocycles. The predicted octanol–water partition coefficient (Wildman–Crippen LogP) is 4.29. The largest absolute Gasteiger partial charge is 0.334 e. The zero-order valence-corrected chi connectivity index (χ0v) is 16.3. The standard InChI is InChI=1S/C19H23Cl2N3O/c1-14-5-7-16(12-22-14)19(25)24(10-4-9-23(2)3)13-15-6-8-17(20)18(21)11-15/h5-8,11-12H,4,9-10,13H2,1-3H3. The number of hydrogen-bond acceptors (Lipinski definition) is 3. The molecule has 0 saturated carbocycles. The second-order valence-corrected chi connectivity index (χ2v) is 7.13. The summed E-state index contributed by atoms with van der Waals surface area (Å²) in [7, 11) is 4.05. The Balaban J connectivity index is 2.17. The highest BCUT2D eigenvalue weighted by Crippen LogP contribution is 2.23. The van der Waals surface area contributed by atoms with Crippen molar-refractivity contribution in [3.8, 4) is 0 Å². The van der Waals surface area contributed by atoms with E-state index in [1.54, 1.807) is 12.3 Å². The molecule has 6 heteroatoms. The third-order valence-corrected chi connectivity index (χ3v) is 4.58. The third kappa shape index (κ3) is 5.99. The summed E-state index contributed by atoms with van der Waals surface area (Å²) in [4.78, 5) is 21.1. The highest BCUT2D eigenvalue weighted by molar-refractivity contribution is 6.42. The Morgan fingerprint density at radius 3 is 2.44 bits per heavy atom. The lowest BCUT2D eigenvalue weighted by molar-refractivity contribution is 0.0737. The summed E-state index contributed by atoms with van der Waals surface area (Å²) in [5.41, 5.74) is 2.43. The highest BCUT2D eigenvalue weighted by Gasteiger charge is 2.17. The van der Waals surface area contributed by atoms with Gasteiger partial charge in [0.1, 0.15) is 0 Å². The minimum atomic E-state index is -0.0303. The van der Waals surface area contributed by atoms with Gasteiger partial charge in [0.15, 0.2) is 0 Å². The van der Waals surface area contributed by atoms with Crippen molar-refractivity contribution in [2.75, 3.05) is 27.2 Å². The highest BCUT2D eigenvalue weighted by atomic mass is 35.5. The lowest BCUT2D eigenvalue weighted by atomic mass is 10.1. The van der Waals surface area contributed by atoms with E-state index in [-0.39, 0.29) is 5.91 Å². The Bertz CT molecular complexity index is 717. The van der Waals surface area contributed by atoms with Crippen molar-refractivity contribution in [1.82, 2.24) is 14.8 Å². The Morgan fingerprint density at radius 1 is 1.08 bits per heavy atom. The first-order valence-corrected chi connectivity index (χ1v) is 8.93. The van der Waals surface area contributed by atoms with Gasteiger partial charge in [-0.3, -0.25) is 9.78 Å². The number of rotatable bonds is 7. The van der Waals surface area contributed by atoms with E-state index >= 15 is 0 Å². The third-order valence-electron chi connectivity index (χ3n) is 3.84. The number of amides is 1. The number of carbonyl (C=O) groups excluding carboxylic acids is 1. The van der Waals surface area contributed by atoms with Gasteiger partial charge < -0.3 is 9.80 Å². The van der Waals surface area contributed by atoms with Gasteiger partial charge in [0.2, 0.25) is 0 Å². The fraction of sp³-hybridized carbons (Fsp3) is 0.368. The molecular formula is C19H23Cl2N3O. The molecule has 0 bridgehead atoms. The van der Waals surface area contributed by atoms with Crippen LogP contribution in [0.15, 0.2) is 36.5 Å². The number of aromatic nitrogens is 1. The van der Waals surface area contributed by atoms with Crippen molar-refractivity contribution in [2.45, 2.75) is 19.9 Å². The summed E-state index contributed by atoms with van der Waals surface area (Å²) in [6, 6.07) is 9.13. The zero-order valence-electron chi connectivity index (χ0n) is 14.8. The molecule has 0 atom stereocenters. The minimum absolute atomic E-state index is 0.0303. The number of halogens is 2. The normalized spacial score (nSPS) is 11.0. The van der Waals surface area contributed by atoms with Crippen LogP contribution in [0.2, 0.25) is 10.0 Å². The zero-order chi connectivity index (χ0) is 18.4. The fourth-order valence-electron chi connectivity index (χ4n) is 2.47. The van der Waals surface area contributed by atoms with Crippen molar-refractivity contribution in [3.63, 3.8) is 0 Å². The molecule has 1 amide bonds. The van der Waals surface area contributed by atoms with Crippen LogP contribution in [0.4, 0.5) is 0 Å². The van der Waals surface area contributed by atoms with Gasteiger partial charge in [-0.1, -0.05) is 29.3 Å². The fourth-order valence-corrected chi connectivity index (χ4v) is 2.79. The maximum Gasteiger partial charge on any atom is 0.255 e. The number of nitrogens with zero attached hydrogens (tertiary/aromatic N) is 3. The van der Waals surface area contributed by atoms with E-state index < -0.39 is 0 Å². The molecule has 1 heterocycles. The summed E-state index contributed by atoms with van der Waals surface area (Å²) >= 11 is 12.1. The van der Waals surface area contributed by atoms with Gasteiger partial charge in [-0.25, -0.2) is 0 Å². The lowest BCUT2D eigenvalue weighted by Crippen LogP contribution is -2.33. The first-order valence-electron chi connectivity index (χ1n) is 8.17. The Labute approximate surface area is 159 Å². The topological polar surface area (TPSA) is 36.4 Å². The Kier molecular flexibility index (Phi) is 7.24. The van der Waals surface area contributed by atoms with E-state index in [0.29, 0.717) is 28.7 Å². The first kappa shape index (κ1) is 19.7. The number of benzene rings is 1. The molecule has 0 aliphatic carbocycles. The van der Waals surface area contributed by atoms with Crippen LogP contribution >= 0.6 is 23.2 Å². The number of aryl methyl sites for hydroxylation is 1. The second-order valence-electron chi connectivity index (χ2n) is 6.32. The van der Waals surface area contributed by atoms with Crippen molar-refractivity contribution in [2.24, 2.45) is 0 Å². The molecule has 25 heavy (non-hydrogen) atoms. The quantitative estimate of drug-likeness (QED) is 0.719. The number of pyridine rings is 1. The minimum Gasteiger partial charge on any atom is -0.334 e. The number of carbonyl (C=O) groups is 1. The van der Waals surface area contributed by atoms with Gasteiger partial charge in [-0.2, -0.15) is 0 Å². The van der Waals surface area contributed by atoms with Crippen LogP contribution in [-0.4, -0.2) is 47.9 Å². The van der Waals surface area contributed by atoms with Gasteiger partial charge in [-0.05, 0) is 63.8 Å². The lowest BCUT2D eigenvalue weighted by Gasteiger charge is -2.24. The summed E-state index contributed by atoms with van der Waals surface area (Å²) in [6.07, 6.45) is 2.52. The van der Waals surface area contributed by atoms with E-state index in [2.05, 4.69) is 9.88 Å². The van der Waals surface area contributed by atoms with Crippen LogP contribution in [0, 0.1) is 6.92 Å². The molecule has 0 spiro atoms. The first-order chi connectivity index (χ1) is 11.9. The molecule has 0 fully saturated rings. The summed E-state index contributed by atoms with van der Waals surface area (Å²) in [6.45, 7) is 3.96. The van der Waals surface area contributed by atoms with Crippen molar-refractivity contribution >= 4 is 29.1 Å². The summed E-state index contributed by atoms with van der Waals surface area (Å²) in [5.74, 6) is -0.0303.